The third kappa shape index (κ3) is 5.35. The van der Waals surface area contributed by atoms with Crippen LogP contribution in [0.5, 0.6) is 0 Å². The van der Waals surface area contributed by atoms with Gasteiger partial charge in [0.25, 0.3) is 0 Å². The van der Waals surface area contributed by atoms with Crippen LogP contribution in [0.1, 0.15) is 55.0 Å². The van der Waals surface area contributed by atoms with Crippen molar-refractivity contribution in [1.29, 1.82) is 0 Å². The number of piperidine rings is 1. The SMILES string of the molecule is COC(=O)C1CCC(=O)N2C[C@H](O[C@H](C)c3cc(C(F)(F)F)cc(C(F)(F)F)c3)[C@@](C)(c3ccc(F)cc3)[C@H]12. The van der Waals surface area contributed by atoms with Crippen molar-refractivity contribution in [2.24, 2.45) is 5.92 Å². The van der Waals surface area contributed by atoms with E-state index in [2.05, 4.69) is 0 Å². The monoisotopic (exact) mass is 561 g/mol. The number of amides is 1. The molecule has 0 radical (unpaired) electrons. The van der Waals surface area contributed by atoms with Crippen molar-refractivity contribution in [2.75, 3.05) is 13.7 Å². The van der Waals surface area contributed by atoms with E-state index in [4.69, 9.17) is 9.47 Å². The Bertz CT molecular complexity index is 1210. The summed E-state index contributed by atoms with van der Waals surface area (Å²) in [7, 11) is 1.20. The Morgan fingerprint density at radius 1 is 1.03 bits per heavy atom. The Labute approximate surface area is 219 Å². The van der Waals surface area contributed by atoms with Crippen LogP contribution in [0.15, 0.2) is 42.5 Å². The van der Waals surface area contributed by atoms with Gasteiger partial charge in [-0.05, 0) is 54.8 Å². The highest BCUT2D eigenvalue weighted by Crippen LogP contribution is 2.49. The van der Waals surface area contributed by atoms with Crippen molar-refractivity contribution >= 4 is 11.9 Å². The van der Waals surface area contributed by atoms with E-state index in [1.807, 2.05) is 0 Å². The first-order valence-electron chi connectivity index (χ1n) is 12.2. The molecule has 2 heterocycles. The van der Waals surface area contributed by atoms with Crippen molar-refractivity contribution in [3.63, 3.8) is 0 Å². The fourth-order valence-electron chi connectivity index (χ4n) is 5.76. The maximum Gasteiger partial charge on any atom is 0.416 e. The molecule has 0 saturated carbocycles. The molecule has 1 amide bonds. The number of hydrogen-bond acceptors (Lipinski definition) is 4. The number of alkyl halides is 6. The fourth-order valence-corrected chi connectivity index (χ4v) is 5.76. The molecule has 2 aliphatic rings. The maximum atomic E-state index is 13.8. The van der Waals surface area contributed by atoms with Gasteiger partial charge in [0, 0.05) is 18.4 Å². The normalized spacial score (nSPS) is 26.4. The van der Waals surface area contributed by atoms with Crippen LogP contribution in [0, 0.1) is 11.7 Å². The van der Waals surface area contributed by atoms with E-state index >= 15 is 0 Å². The third-order valence-electron chi connectivity index (χ3n) is 7.77. The second-order valence-electron chi connectivity index (χ2n) is 10.1. The van der Waals surface area contributed by atoms with Gasteiger partial charge in [-0.2, -0.15) is 26.3 Å². The quantitative estimate of drug-likeness (QED) is 0.329. The second kappa shape index (κ2) is 10.1. The van der Waals surface area contributed by atoms with Crippen molar-refractivity contribution in [3.8, 4) is 0 Å². The lowest BCUT2D eigenvalue weighted by Crippen LogP contribution is -2.55. The molecule has 2 fully saturated rings. The summed E-state index contributed by atoms with van der Waals surface area (Å²) >= 11 is 0. The largest absolute Gasteiger partial charge is 0.469 e. The molecule has 0 aromatic heterocycles. The van der Waals surface area contributed by atoms with Crippen molar-refractivity contribution in [3.05, 3.63) is 70.5 Å². The van der Waals surface area contributed by atoms with Gasteiger partial charge in [0.1, 0.15) is 5.82 Å². The highest BCUT2D eigenvalue weighted by molar-refractivity contribution is 5.83. The van der Waals surface area contributed by atoms with Crippen LogP contribution in [-0.4, -0.2) is 42.6 Å². The van der Waals surface area contributed by atoms with Gasteiger partial charge in [-0.1, -0.05) is 19.1 Å². The van der Waals surface area contributed by atoms with E-state index in [0.29, 0.717) is 17.7 Å². The van der Waals surface area contributed by atoms with E-state index in [9.17, 15) is 40.3 Å². The first kappa shape index (κ1) is 28.8. The third-order valence-corrected chi connectivity index (χ3v) is 7.77. The summed E-state index contributed by atoms with van der Waals surface area (Å²) in [6, 6.07) is 5.71. The average Bonchev–Trinajstić information content (AvgIpc) is 3.16. The van der Waals surface area contributed by atoms with Crippen LogP contribution in [0.3, 0.4) is 0 Å². The first-order chi connectivity index (χ1) is 18.1. The van der Waals surface area contributed by atoms with E-state index in [0.717, 1.165) is 0 Å². The van der Waals surface area contributed by atoms with E-state index in [-0.39, 0.29) is 36.9 Å². The van der Waals surface area contributed by atoms with Crippen LogP contribution >= 0.6 is 0 Å². The minimum absolute atomic E-state index is 0.0360. The molecule has 2 aliphatic heterocycles. The Balaban J connectivity index is 1.79. The van der Waals surface area contributed by atoms with Gasteiger partial charge in [0.2, 0.25) is 5.91 Å². The van der Waals surface area contributed by atoms with E-state index in [1.165, 1.54) is 43.2 Å². The molecule has 5 nitrogen and oxygen atoms in total. The molecule has 1 unspecified atom stereocenters. The van der Waals surface area contributed by atoms with Crippen molar-refractivity contribution in [2.45, 2.75) is 62.7 Å². The number of benzene rings is 2. The van der Waals surface area contributed by atoms with Crippen LogP contribution in [-0.2, 0) is 36.8 Å². The summed E-state index contributed by atoms with van der Waals surface area (Å²) in [6.07, 6.45) is -12.1. The minimum Gasteiger partial charge on any atom is -0.469 e. The van der Waals surface area contributed by atoms with Gasteiger partial charge in [-0.25, -0.2) is 4.39 Å². The average molecular weight is 561 g/mol. The molecule has 0 spiro atoms. The minimum atomic E-state index is -5.04. The van der Waals surface area contributed by atoms with Gasteiger partial charge in [-0.3, -0.25) is 9.59 Å². The number of methoxy groups -OCH3 is 1. The molecular weight excluding hydrogens is 535 g/mol. The van der Waals surface area contributed by atoms with Gasteiger partial charge < -0.3 is 14.4 Å². The smallest absolute Gasteiger partial charge is 0.416 e. The molecule has 0 aliphatic carbocycles. The predicted octanol–water partition coefficient (Wildman–Crippen LogP) is 6.06. The number of rotatable bonds is 5. The number of hydrogen-bond donors (Lipinski definition) is 0. The number of nitrogens with zero attached hydrogens (tertiary/aromatic N) is 1. The van der Waals surface area contributed by atoms with Gasteiger partial charge in [0.05, 0.1) is 42.4 Å². The van der Waals surface area contributed by atoms with Gasteiger partial charge in [0.15, 0.2) is 0 Å². The Kier molecular flexibility index (Phi) is 7.48. The Hall–Kier alpha value is -3.15. The molecule has 2 aromatic rings. The van der Waals surface area contributed by atoms with E-state index < -0.39 is 64.8 Å². The highest BCUT2D eigenvalue weighted by atomic mass is 19.4. The number of halogens is 7. The van der Waals surface area contributed by atoms with Gasteiger partial charge >= 0.3 is 18.3 Å². The maximum absolute atomic E-state index is 13.8. The van der Waals surface area contributed by atoms with Crippen LogP contribution in [0.4, 0.5) is 30.7 Å². The zero-order valence-corrected chi connectivity index (χ0v) is 21.2. The first-order valence-corrected chi connectivity index (χ1v) is 12.2. The molecule has 0 N–H and O–H groups in total. The molecule has 0 bridgehead atoms. The highest BCUT2D eigenvalue weighted by Gasteiger charge is 2.60. The number of fused-ring (bicyclic) bond motifs is 1. The molecule has 39 heavy (non-hydrogen) atoms. The lowest BCUT2D eigenvalue weighted by atomic mass is 9.68. The summed E-state index contributed by atoms with van der Waals surface area (Å²) in [5.41, 5.74) is -4.02. The van der Waals surface area contributed by atoms with Crippen LogP contribution in [0.25, 0.3) is 0 Å². The summed E-state index contributed by atoms with van der Waals surface area (Å²) in [4.78, 5) is 27.1. The Morgan fingerprint density at radius 2 is 1.59 bits per heavy atom. The zero-order valence-electron chi connectivity index (χ0n) is 21.2. The summed E-state index contributed by atoms with van der Waals surface area (Å²) in [6.45, 7) is 2.92. The molecule has 2 saturated heterocycles. The van der Waals surface area contributed by atoms with Crippen LogP contribution < -0.4 is 0 Å². The van der Waals surface area contributed by atoms with Crippen molar-refractivity contribution in [1.82, 2.24) is 4.90 Å². The van der Waals surface area contributed by atoms with E-state index in [1.54, 1.807) is 6.92 Å². The predicted molar refractivity (Wildman–Crippen MR) is 124 cm³/mol. The van der Waals surface area contributed by atoms with Crippen LogP contribution in [0.2, 0.25) is 0 Å². The zero-order chi connectivity index (χ0) is 28.9. The number of ether oxygens (including phenoxy) is 2. The lowest BCUT2D eigenvalue weighted by molar-refractivity contribution is -0.154. The number of carbonyl (C=O) groups excluding carboxylic acids is 2. The molecular formula is C27H26F7NO4. The number of carbonyl (C=O) groups is 2. The lowest BCUT2D eigenvalue weighted by Gasteiger charge is -2.43. The molecule has 12 heteroatoms. The fraction of sp³-hybridized carbons (Fsp3) is 0.481. The summed E-state index contributed by atoms with van der Waals surface area (Å²) in [5, 5.41) is 0. The molecule has 2 aromatic carbocycles. The standard InChI is InChI=1S/C27H26F7NO4/c1-14(15-10-17(26(29,30)31)12-18(11-15)27(32,33)34)39-21-13-35-22(36)9-8-20(24(37)38-3)23(35)25(21,2)16-4-6-19(28)7-5-16/h4-7,10-12,14,20-21,23H,8-9,13H2,1-3H3/t14-,20?,21+,23+,25-/m1/s1. The Morgan fingerprint density at radius 3 is 2.10 bits per heavy atom. The topological polar surface area (TPSA) is 55.8 Å². The van der Waals surface area contributed by atoms with Gasteiger partial charge in [-0.15, -0.1) is 0 Å². The molecule has 212 valence electrons. The second-order valence-corrected chi connectivity index (χ2v) is 10.1. The number of esters is 1. The summed E-state index contributed by atoms with van der Waals surface area (Å²) < 4.78 is 106. The molecule has 5 atom stereocenters. The summed E-state index contributed by atoms with van der Waals surface area (Å²) in [5.74, 6) is -2.19. The van der Waals surface area contributed by atoms with Crippen molar-refractivity contribution < 1.29 is 49.8 Å². The molecule has 4 rings (SSSR count).